The van der Waals surface area contributed by atoms with Crippen LogP contribution >= 0.6 is 64.5 Å². The number of halogens is 4. The Morgan fingerprint density at radius 2 is 1.89 bits per heavy atom. The molecule has 0 aliphatic carbocycles. The van der Waals surface area contributed by atoms with E-state index in [1.165, 1.54) is 10.1 Å². The lowest BCUT2D eigenvalue weighted by molar-refractivity contribution is 0.249. The summed E-state index contributed by atoms with van der Waals surface area (Å²) < 4.78 is 2.20. The molecule has 28 heavy (non-hydrogen) atoms. The van der Waals surface area contributed by atoms with Crippen LogP contribution in [0.25, 0.3) is 20.7 Å². The maximum atomic E-state index is 4.73. The van der Waals surface area contributed by atoms with Gasteiger partial charge in [-0.1, -0.05) is 18.2 Å². The Morgan fingerprint density at radius 1 is 1.14 bits per heavy atom. The van der Waals surface area contributed by atoms with Crippen LogP contribution in [-0.2, 0) is 0 Å². The molecule has 0 unspecified atom stereocenters. The largest absolute Gasteiger partial charge is 0.353 e. The van der Waals surface area contributed by atoms with Gasteiger partial charge >= 0.3 is 0 Å². The number of piperazine rings is 1. The molecule has 5 nitrogen and oxygen atoms in total. The normalized spacial score (nSPS) is 13.9. The molecule has 1 aliphatic rings. The minimum Gasteiger partial charge on any atom is -0.353 e. The van der Waals surface area contributed by atoms with Crippen molar-refractivity contribution in [1.82, 2.24) is 20.2 Å². The molecule has 4 rings (SSSR count). The van der Waals surface area contributed by atoms with Crippen LogP contribution in [0.15, 0.2) is 41.0 Å². The van der Waals surface area contributed by atoms with Crippen molar-refractivity contribution < 1.29 is 0 Å². The van der Waals surface area contributed by atoms with Gasteiger partial charge in [0.15, 0.2) is 0 Å². The quantitative estimate of drug-likeness (QED) is 0.504. The van der Waals surface area contributed by atoms with E-state index in [9.17, 15) is 0 Å². The molecule has 1 saturated heterocycles. The summed E-state index contributed by atoms with van der Waals surface area (Å²) in [4.78, 5) is 12.7. The van der Waals surface area contributed by atoms with Crippen molar-refractivity contribution in [2.75, 3.05) is 44.6 Å². The molecule has 0 radical (unpaired) electrons. The van der Waals surface area contributed by atoms with Gasteiger partial charge in [0.2, 0.25) is 5.95 Å². The molecule has 3 aromatic rings. The summed E-state index contributed by atoms with van der Waals surface area (Å²) >= 11 is 5.35. The first-order valence-electron chi connectivity index (χ1n) is 8.48. The first-order valence-corrected chi connectivity index (χ1v) is 10.1. The summed E-state index contributed by atoms with van der Waals surface area (Å²) in [6.07, 6.45) is 1.83. The van der Waals surface area contributed by atoms with Crippen LogP contribution < -0.4 is 10.6 Å². The van der Waals surface area contributed by atoms with Crippen LogP contribution in [0, 0.1) is 0 Å². The standard InChI is InChI=1S/C18H20BrN5S.3ClH/c19-14-12-22-18(21-7-10-24-8-5-20-6-9-24)23-17(14)16-11-13-3-1-2-4-15(13)25-16;;;/h1-4,11-12,20H,5-10H2,(H,21,22,23);3*1H. The fourth-order valence-electron chi connectivity index (χ4n) is 2.98. The molecule has 2 N–H and O–H groups in total. The van der Waals surface area contributed by atoms with Crippen LogP contribution in [0.1, 0.15) is 0 Å². The van der Waals surface area contributed by atoms with Crippen molar-refractivity contribution >= 4 is 80.5 Å². The van der Waals surface area contributed by atoms with Crippen molar-refractivity contribution in [3.8, 4) is 10.6 Å². The minimum atomic E-state index is 0. The number of benzene rings is 1. The van der Waals surface area contributed by atoms with Gasteiger partial charge in [-0.25, -0.2) is 9.97 Å². The van der Waals surface area contributed by atoms with E-state index in [4.69, 9.17) is 4.98 Å². The molecule has 154 valence electrons. The number of hydrogen-bond acceptors (Lipinski definition) is 6. The van der Waals surface area contributed by atoms with Gasteiger partial charge in [0.1, 0.15) is 5.69 Å². The number of anilines is 1. The number of nitrogens with one attached hydrogen (secondary N) is 2. The van der Waals surface area contributed by atoms with E-state index in [0.29, 0.717) is 5.95 Å². The topological polar surface area (TPSA) is 53.1 Å². The lowest BCUT2D eigenvalue weighted by atomic mass is 10.2. The highest BCUT2D eigenvalue weighted by atomic mass is 79.9. The third-order valence-corrected chi connectivity index (χ3v) is 6.03. The van der Waals surface area contributed by atoms with E-state index < -0.39 is 0 Å². The highest BCUT2D eigenvalue weighted by Gasteiger charge is 2.12. The second-order valence-electron chi connectivity index (χ2n) is 6.06. The van der Waals surface area contributed by atoms with Crippen LogP contribution in [0.4, 0.5) is 5.95 Å². The van der Waals surface area contributed by atoms with Gasteiger partial charge in [-0.15, -0.1) is 48.6 Å². The average molecular weight is 528 g/mol. The first-order chi connectivity index (χ1) is 12.3. The van der Waals surface area contributed by atoms with Crippen molar-refractivity contribution in [3.05, 3.63) is 41.0 Å². The van der Waals surface area contributed by atoms with Gasteiger partial charge in [-0.3, -0.25) is 4.90 Å². The Labute approximate surface area is 196 Å². The molecule has 0 amide bonds. The second kappa shape index (κ2) is 12.1. The van der Waals surface area contributed by atoms with Crippen LogP contribution in [0.5, 0.6) is 0 Å². The van der Waals surface area contributed by atoms with Crippen LogP contribution in [0.3, 0.4) is 0 Å². The van der Waals surface area contributed by atoms with Crippen LogP contribution in [0.2, 0.25) is 0 Å². The number of rotatable bonds is 5. The average Bonchev–Trinajstić information content (AvgIpc) is 3.08. The van der Waals surface area contributed by atoms with Gasteiger partial charge in [-0.05, 0) is 33.4 Å². The molecule has 0 atom stereocenters. The predicted octanol–water partition coefficient (Wildman–Crippen LogP) is 4.70. The highest BCUT2D eigenvalue weighted by molar-refractivity contribution is 9.10. The molecule has 0 saturated carbocycles. The van der Waals surface area contributed by atoms with Crippen molar-refractivity contribution in [2.24, 2.45) is 0 Å². The van der Waals surface area contributed by atoms with Gasteiger partial charge in [-0.2, -0.15) is 0 Å². The SMILES string of the molecule is Brc1cnc(NCCN2CCNCC2)nc1-c1cc2ccccc2s1.Cl.Cl.Cl. The van der Waals surface area contributed by atoms with E-state index in [2.05, 4.69) is 66.8 Å². The second-order valence-corrected chi connectivity index (χ2v) is 8.00. The van der Waals surface area contributed by atoms with Gasteiger partial charge in [0.05, 0.1) is 9.35 Å². The van der Waals surface area contributed by atoms with E-state index in [-0.39, 0.29) is 37.2 Å². The zero-order valence-electron chi connectivity index (χ0n) is 15.1. The molecule has 10 heteroatoms. The Balaban J connectivity index is 0.00000131. The summed E-state index contributed by atoms with van der Waals surface area (Å²) in [7, 11) is 0. The number of hydrogen-bond donors (Lipinski definition) is 2. The molecule has 2 aromatic heterocycles. The fourth-order valence-corrected chi connectivity index (χ4v) is 4.59. The third-order valence-electron chi connectivity index (χ3n) is 4.32. The molecular weight excluding hydrogens is 505 g/mol. The highest BCUT2D eigenvalue weighted by Crippen LogP contribution is 2.36. The van der Waals surface area contributed by atoms with Crippen molar-refractivity contribution in [2.45, 2.75) is 0 Å². The summed E-state index contributed by atoms with van der Waals surface area (Å²) in [5.41, 5.74) is 0.945. The number of thiophene rings is 1. The van der Waals surface area contributed by atoms with Gasteiger partial charge in [0.25, 0.3) is 0 Å². The smallest absolute Gasteiger partial charge is 0.223 e. The Bertz CT molecular complexity index is 840. The summed E-state index contributed by atoms with van der Waals surface area (Å²) in [5, 5.41) is 7.99. The van der Waals surface area contributed by atoms with Crippen LogP contribution in [-0.4, -0.2) is 54.1 Å². The zero-order chi connectivity index (χ0) is 17.1. The van der Waals surface area contributed by atoms with Crippen molar-refractivity contribution in [1.29, 1.82) is 0 Å². The molecule has 1 fully saturated rings. The van der Waals surface area contributed by atoms with Gasteiger partial charge in [0, 0.05) is 50.2 Å². The Morgan fingerprint density at radius 3 is 2.64 bits per heavy atom. The number of fused-ring (bicyclic) bond motifs is 1. The molecule has 0 spiro atoms. The molecule has 1 aromatic carbocycles. The molecule has 0 bridgehead atoms. The molecule has 1 aliphatic heterocycles. The Kier molecular flexibility index (Phi) is 11.0. The summed E-state index contributed by atoms with van der Waals surface area (Å²) in [5.74, 6) is 0.686. The van der Waals surface area contributed by atoms with E-state index in [1.54, 1.807) is 11.3 Å². The number of nitrogens with zero attached hydrogens (tertiary/aromatic N) is 3. The zero-order valence-corrected chi connectivity index (χ0v) is 19.9. The van der Waals surface area contributed by atoms with E-state index in [1.807, 2.05) is 6.20 Å². The maximum absolute atomic E-state index is 4.73. The monoisotopic (exact) mass is 525 g/mol. The third kappa shape index (κ3) is 6.16. The summed E-state index contributed by atoms with van der Waals surface area (Å²) in [6, 6.07) is 10.6. The minimum absolute atomic E-state index is 0. The molecule has 3 heterocycles. The Hall–Kier alpha value is -0.670. The predicted molar refractivity (Wildman–Crippen MR) is 130 cm³/mol. The number of aromatic nitrogens is 2. The lowest BCUT2D eigenvalue weighted by Gasteiger charge is -2.27. The first kappa shape index (κ1) is 25.4. The van der Waals surface area contributed by atoms with Crippen molar-refractivity contribution in [3.63, 3.8) is 0 Å². The lowest BCUT2D eigenvalue weighted by Crippen LogP contribution is -2.45. The molecular formula is C18H23BrCl3N5S. The van der Waals surface area contributed by atoms with Gasteiger partial charge < -0.3 is 10.6 Å². The fraction of sp³-hybridized carbons (Fsp3) is 0.333. The van der Waals surface area contributed by atoms with E-state index >= 15 is 0 Å². The maximum Gasteiger partial charge on any atom is 0.223 e. The summed E-state index contributed by atoms with van der Waals surface area (Å²) in [6.45, 7) is 6.23. The van der Waals surface area contributed by atoms with E-state index in [0.717, 1.165) is 54.3 Å².